The minimum atomic E-state index is -4.20. The molecule has 3 rings (SSSR count). The largest absolute Gasteiger partial charge is 0.495 e. The zero-order valence-electron chi connectivity index (χ0n) is 24.3. The molecule has 0 spiro atoms. The fraction of sp³-hybridized carbons (Fsp3) is 0.355. The zero-order chi connectivity index (χ0) is 30.3. The second kappa shape index (κ2) is 13.9. The van der Waals surface area contributed by atoms with E-state index in [0.717, 1.165) is 27.4 Å². The average molecular weight is 600 g/mol. The number of ether oxygens (including phenoxy) is 1. The Hall–Kier alpha value is -3.56. The third-order valence-corrected chi connectivity index (χ3v) is 9.16. The lowest BCUT2D eigenvalue weighted by atomic mass is 10.1. The van der Waals surface area contributed by atoms with E-state index in [9.17, 15) is 18.0 Å². The third kappa shape index (κ3) is 7.80. The molecule has 8 nitrogen and oxygen atoms in total. The van der Waals surface area contributed by atoms with Crippen molar-refractivity contribution in [1.82, 2.24) is 10.2 Å². The molecular formula is C31H38ClN3O5S. The lowest BCUT2D eigenvalue weighted by molar-refractivity contribution is -0.139. The standard InChI is InChI=1S/C31H38ClN3O5S/c1-7-23(4)33-31(37)24(5)34(19-25-11-9-8-10-22(25)3)30(36)20-35(26-14-17-29(40-6)28(32)18-26)41(38,39)27-15-12-21(2)13-16-27/h8-18,23-24H,7,19-20H2,1-6H3,(H,33,37)/t23-,24+/m1/s1. The lowest BCUT2D eigenvalue weighted by Crippen LogP contribution is -2.52. The summed E-state index contributed by atoms with van der Waals surface area (Å²) in [6.07, 6.45) is 0.727. The molecule has 1 N–H and O–H groups in total. The minimum absolute atomic E-state index is 0.0239. The van der Waals surface area contributed by atoms with E-state index in [1.807, 2.05) is 52.0 Å². The number of carbonyl (C=O) groups excluding carboxylic acids is 2. The van der Waals surface area contributed by atoms with Crippen LogP contribution in [0.25, 0.3) is 0 Å². The molecule has 0 heterocycles. The fourth-order valence-corrected chi connectivity index (χ4v) is 5.85. The van der Waals surface area contributed by atoms with Gasteiger partial charge in [0.1, 0.15) is 18.3 Å². The van der Waals surface area contributed by atoms with Crippen molar-refractivity contribution in [3.05, 3.63) is 88.4 Å². The highest BCUT2D eigenvalue weighted by molar-refractivity contribution is 7.92. The quantitative estimate of drug-likeness (QED) is 0.297. The molecule has 0 aliphatic heterocycles. The van der Waals surface area contributed by atoms with Crippen molar-refractivity contribution in [1.29, 1.82) is 0 Å². The first-order valence-corrected chi connectivity index (χ1v) is 15.3. The van der Waals surface area contributed by atoms with Crippen LogP contribution in [0.15, 0.2) is 71.6 Å². The Labute approximate surface area is 248 Å². The predicted molar refractivity (Wildman–Crippen MR) is 163 cm³/mol. The second-order valence-electron chi connectivity index (χ2n) is 10.1. The van der Waals surface area contributed by atoms with Crippen LogP contribution in [0, 0.1) is 13.8 Å². The van der Waals surface area contributed by atoms with Crippen molar-refractivity contribution >= 4 is 39.1 Å². The van der Waals surface area contributed by atoms with Crippen LogP contribution in [-0.4, -0.2) is 50.9 Å². The molecule has 0 aliphatic carbocycles. The van der Waals surface area contributed by atoms with Gasteiger partial charge in [0, 0.05) is 12.6 Å². The molecule has 0 unspecified atom stereocenters. The van der Waals surface area contributed by atoms with E-state index in [0.29, 0.717) is 5.75 Å². The molecule has 0 saturated carbocycles. The van der Waals surface area contributed by atoms with Gasteiger partial charge < -0.3 is 15.0 Å². The third-order valence-electron chi connectivity index (χ3n) is 7.08. The zero-order valence-corrected chi connectivity index (χ0v) is 25.9. The number of hydrogen-bond donors (Lipinski definition) is 1. The van der Waals surface area contributed by atoms with E-state index in [1.54, 1.807) is 25.1 Å². The number of methoxy groups -OCH3 is 1. The maximum absolute atomic E-state index is 14.1. The Morgan fingerprint density at radius 3 is 2.24 bits per heavy atom. The van der Waals surface area contributed by atoms with Gasteiger partial charge in [0.15, 0.2) is 0 Å². The van der Waals surface area contributed by atoms with Gasteiger partial charge in [0.25, 0.3) is 10.0 Å². The van der Waals surface area contributed by atoms with E-state index in [2.05, 4.69) is 5.32 Å². The van der Waals surface area contributed by atoms with E-state index >= 15 is 0 Å². The number of benzene rings is 3. The van der Waals surface area contributed by atoms with Crippen molar-refractivity contribution in [3.63, 3.8) is 0 Å². The number of nitrogens with one attached hydrogen (secondary N) is 1. The monoisotopic (exact) mass is 599 g/mol. The Morgan fingerprint density at radius 2 is 1.66 bits per heavy atom. The van der Waals surface area contributed by atoms with Gasteiger partial charge in [-0.15, -0.1) is 0 Å². The van der Waals surface area contributed by atoms with E-state index in [1.165, 1.54) is 36.3 Å². The van der Waals surface area contributed by atoms with Gasteiger partial charge in [-0.3, -0.25) is 13.9 Å². The first-order chi connectivity index (χ1) is 19.4. The number of nitrogens with zero attached hydrogens (tertiary/aromatic N) is 2. The normalized spacial score (nSPS) is 12.8. The summed E-state index contributed by atoms with van der Waals surface area (Å²) in [6, 6.07) is 17.6. The topological polar surface area (TPSA) is 96.0 Å². The van der Waals surface area contributed by atoms with E-state index in [4.69, 9.17) is 16.3 Å². The first-order valence-electron chi connectivity index (χ1n) is 13.5. The minimum Gasteiger partial charge on any atom is -0.495 e. The molecule has 2 atom stereocenters. The van der Waals surface area contributed by atoms with Gasteiger partial charge >= 0.3 is 0 Å². The summed E-state index contributed by atoms with van der Waals surface area (Å²) in [6.45, 7) is 8.86. The summed E-state index contributed by atoms with van der Waals surface area (Å²) in [4.78, 5) is 28.7. The van der Waals surface area contributed by atoms with Gasteiger partial charge in [-0.25, -0.2) is 8.42 Å². The SMILES string of the molecule is CC[C@@H](C)NC(=O)[C@H](C)N(Cc1ccccc1C)C(=O)CN(c1ccc(OC)c(Cl)c1)S(=O)(=O)c1ccc(C)cc1. The van der Waals surface area contributed by atoms with Gasteiger partial charge in [-0.05, 0) is 75.6 Å². The van der Waals surface area contributed by atoms with Crippen LogP contribution in [0.3, 0.4) is 0 Å². The number of amides is 2. The van der Waals surface area contributed by atoms with Crippen LogP contribution in [-0.2, 0) is 26.2 Å². The summed E-state index contributed by atoms with van der Waals surface area (Å²) < 4.78 is 34.2. The average Bonchev–Trinajstić information content (AvgIpc) is 2.95. The number of hydrogen-bond acceptors (Lipinski definition) is 5. The Kier molecular flexibility index (Phi) is 10.8. The molecule has 220 valence electrons. The van der Waals surface area contributed by atoms with Crippen molar-refractivity contribution in [2.45, 2.75) is 64.6 Å². The highest BCUT2D eigenvalue weighted by Crippen LogP contribution is 2.32. The Balaban J connectivity index is 2.07. The van der Waals surface area contributed by atoms with Crippen LogP contribution in [0.1, 0.15) is 43.9 Å². The summed E-state index contributed by atoms with van der Waals surface area (Å²) in [7, 11) is -2.74. The lowest BCUT2D eigenvalue weighted by Gasteiger charge is -2.33. The molecule has 3 aromatic carbocycles. The van der Waals surface area contributed by atoms with Gasteiger partial charge in [0.2, 0.25) is 11.8 Å². The molecule has 10 heteroatoms. The smallest absolute Gasteiger partial charge is 0.264 e. The van der Waals surface area contributed by atoms with Crippen molar-refractivity contribution in [2.75, 3.05) is 18.0 Å². The molecule has 0 aromatic heterocycles. The Morgan fingerprint density at radius 1 is 1.00 bits per heavy atom. The number of aryl methyl sites for hydroxylation is 2. The second-order valence-corrected chi connectivity index (χ2v) is 12.4. The molecule has 0 aliphatic rings. The summed E-state index contributed by atoms with van der Waals surface area (Å²) in [5, 5.41) is 3.13. The van der Waals surface area contributed by atoms with Gasteiger partial charge in [-0.1, -0.05) is 60.5 Å². The van der Waals surface area contributed by atoms with Crippen LogP contribution in [0.4, 0.5) is 5.69 Å². The van der Waals surface area contributed by atoms with E-state index < -0.39 is 28.5 Å². The molecule has 0 saturated heterocycles. The number of halogens is 1. The van der Waals surface area contributed by atoms with Crippen molar-refractivity contribution in [3.8, 4) is 5.75 Å². The fourth-order valence-electron chi connectivity index (χ4n) is 4.20. The molecule has 41 heavy (non-hydrogen) atoms. The number of anilines is 1. The molecule has 2 amide bonds. The highest BCUT2D eigenvalue weighted by atomic mass is 35.5. The Bertz CT molecular complexity index is 1480. The first kappa shape index (κ1) is 32.0. The number of sulfonamides is 1. The van der Waals surface area contributed by atoms with Crippen molar-refractivity contribution < 1.29 is 22.7 Å². The van der Waals surface area contributed by atoms with Crippen LogP contribution >= 0.6 is 11.6 Å². The van der Waals surface area contributed by atoms with Crippen LogP contribution in [0.5, 0.6) is 5.75 Å². The number of rotatable bonds is 12. The highest BCUT2D eigenvalue weighted by Gasteiger charge is 2.33. The summed E-state index contributed by atoms with van der Waals surface area (Å²) in [5.41, 5.74) is 2.89. The van der Waals surface area contributed by atoms with Crippen molar-refractivity contribution in [2.24, 2.45) is 0 Å². The number of carbonyl (C=O) groups is 2. The van der Waals surface area contributed by atoms with Crippen LogP contribution in [0.2, 0.25) is 5.02 Å². The maximum Gasteiger partial charge on any atom is 0.264 e. The molecular weight excluding hydrogens is 562 g/mol. The van der Waals surface area contributed by atoms with Crippen LogP contribution < -0.4 is 14.4 Å². The molecule has 3 aromatic rings. The summed E-state index contributed by atoms with van der Waals surface area (Å²) >= 11 is 6.37. The maximum atomic E-state index is 14.1. The summed E-state index contributed by atoms with van der Waals surface area (Å²) in [5.74, 6) is -0.490. The molecule has 0 fully saturated rings. The molecule has 0 bridgehead atoms. The van der Waals surface area contributed by atoms with Gasteiger partial charge in [0.05, 0.1) is 22.7 Å². The van der Waals surface area contributed by atoms with E-state index in [-0.39, 0.29) is 34.1 Å². The molecule has 0 radical (unpaired) electrons. The van der Waals surface area contributed by atoms with Gasteiger partial charge in [-0.2, -0.15) is 0 Å². The predicted octanol–water partition coefficient (Wildman–Crippen LogP) is 5.49.